The summed E-state index contributed by atoms with van der Waals surface area (Å²) in [4.78, 5) is 14.8. The van der Waals surface area contributed by atoms with E-state index in [0.717, 1.165) is 28.7 Å². The highest BCUT2D eigenvalue weighted by atomic mass is 15.0. The molecule has 0 unspecified atom stereocenters. The van der Waals surface area contributed by atoms with Crippen LogP contribution < -0.4 is 0 Å². The summed E-state index contributed by atoms with van der Waals surface area (Å²) in [6.07, 6.45) is 7.22. The lowest BCUT2D eigenvalue weighted by Gasteiger charge is -2.13. The molecule has 57 heavy (non-hydrogen) atoms. The second-order valence-electron chi connectivity index (χ2n) is 14.6. The predicted octanol–water partition coefficient (Wildman–Crippen LogP) is 14.5. The fourth-order valence-corrected chi connectivity index (χ4v) is 8.34. The quantitative estimate of drug-likeness (QED) is 0.146. The molecular weight excluding hydrogens is 691 g/mol. The summed E-state index contributed by atoms with van der Waals surface area (Å²) in [5.41, 5.74) is 15.4. The lowest BCUT2D eigenvalue weighted by Crippen LogP contribution is -2.02. The highest BCUT2D eigenvalue weighted by molar-refractivity contribution is 6.18. The number of benzene rings is 8. The van der Waals surface area contributed by atoms with Gasteiger partial charge >= 0.3 is 0 Å². The number of aromatic nitrogens is 3. The molecule has 1 heterocycles. The Morgan fingerprint density at radius 2 is 1.00 bits per heavy atom. The minimum Gasteiger partial charge on any atom is -0.208 e. The topological polar surface area (TPSA) is 38.7 Å². The fourth-order valence-electron chi connectivity index (χ4n) is 8.34. The minimum absolute atomic E-state index is 0.654. The van der Waals surface area contributed by atoms with Crippen LogP contribution in [0.2, 0.25) is 0 Å². The van der Waals surface area contributed by atoms with Crippen LogP contribution in [0.1, 0.15) is 26.1 Å². The molecule has 3 nitrogen and oxygen atoms in total. The molecule has 1 aliphatic rings. The number of rotatable bonds is 8. The molecule has 8 aromatic carbocycles. The van der Waals surface area contributed by atoms with Crippen molar-refractivity contribution in [2.75, 3.05) is 0 Å². The zero-order valence-electron chi connectivity index (χ0n) is 31.9. The van der Waals surface area contributed by atoms with E-state index in [2.05, 4.69) is 165 Å². The van der Waals surface area contributed by atoms with E-state index in [-0.39, 0.29) is 0 Å². The Labute approximate surface area is 333 Å². The maximum Gasteiger partial charge on any atom is 0.164 e. The molecule has 1 aliphatic carbocycles. The Balaban J connectivity index is 0.979. The van der Waals surface area contributed by atoms with Gasteiger partial charge in [-0.2, -0.15) is 0 Å². The first-order chi connectivity index (χ1) is 28.2. The third-order valence-electron chi connectivity index (χ3n) is 11.2. The zero-order valence-corrected chi connectivity index (χ0v) is 31.9. The molecule has 0 amide bonds. The van der Waals surface area contributed by atoms with Crippen LogP contribution in [-0.4, -0.2) is 15.0 Å². The molecule has 0 fully saturated rings. The smallest absolute Gasteiger partial charge is 0.164 e. The number of hydrogen-bond donors (Lipinski definition) is 0. The van der Waals surface area contributed by atoms with Crippen LogP contribution in [0.25, 0.3) is 106 Å². The van der Waals surface area contributed by atoms with E-state index in [0.29, 0.717) is 17.5 Å². The molecule has 0 saturated heterocycles. The van der Waals surface area contributed by atoms with Gasteiger partial charge in [-0.3, -0.25) is 0 Å². The van der Waals surface area contributed by atoms with Crippen molar-refractivity contribution >= 4 is 27.1 Å². The Kier molecular flexibility index (Phi) is 8.69. The Hall–Kier alpha value is -7.23. The standard InChI is InChI=1S/C54H39N3/c1-3-5-14-35(4-2)52-55-53(37-15-7-6-8-16-37)57-54(56-52)38-27-25-36(26-28-38)43-22-12-19-41-34-40(29-30-44(41)43)39-17-11-18-42(33-39)45-31-32-50-47-21-10-9-20-46(47)49-24-13-23-48(45)51(49)50/h4-34H,3H2,1-2H3/b14-5-,35-4+. The van der Waals surface area contributed by atoms with Crippen LogP contribution in [0.4, 0.5) is 0 Å². The molecule has 0 bridgehead atoms. The van der Waals surface area contributed by atoms with Crippen molar-refractivity contribution in [2.24, 2.45) is 0 Å². The van der Waals surface area contributed by atoms with Gasteiger partial charge in [0.25, 0.3) is 0 Å². The number of hydrogen-bond acceptors (Lipinski definition) is 3. The van der Waals surface area contributed by atoms with Gasteiger partial charge in [-0.25, -0.2) is 15.0 Å². The molecule has 0 aliphatic heterocycles. The third kappa shape index (κ3) is 6.14. The summed E-state index contributed by atoms with van der Waals surface area (Å²) in [6, 6.07) is 61.2. The van der Waals surface area contributed by atoms with Crippen molar-refractivity contribution in [1.82, 2.24) is 15.0 Å². The molecule has 0 radical (unpaired) electrons. The van der Waals surface area contributed by atoms with Gasteiger partial charge in [-0.05, 0) is 103 Å². The Morgan fingerprint density at radius 3 is 1.77 bits per heavy atom. The molecule has 0 spiro atoms. The molecule has 9 aromatic rings. The summed E-state index contributed by atoms with van der Waals surface area (Å²) in [5.74, 6) is 1.98. The summed E-state index contributed by atoms with van der Waals surface area (Å²) in [6.45, 7) is 4.15. The van der Waals surface area contributed by atoms with Gasteiger partial charge in [0.1, 0.15) is 0 Å². The molecule has 0 atom stereocenters. The van der Waals surface area contributed by atoms with Gasteiger partial charge in [0.15, 0.2) is 17.5 Å². The van der Waals surface area contributed by atoms with Gasteiger partial charge in [-0.1, -0.05) is 183 Å². The van der Waals surface area contributed by atoms with Crippen LogP contribution in [0, 0.1) is 0 Å². The number of nitrogens with zero attached hydrogens (tertiary/aromatic N) is 3. The second-order valence-corrected chi connectivity index (χ2v) is 14.6. The largest absolute Gasteiger partial charge is 0.208 e. The van der Waals surface area contributed by atoms with Gasteiger partial charge in [0.05, 0.1) is 0 Å². The average Bonchev–Trinajstić information content (AvgIpc) is 3.61. The van der Waals surface area contributed by atoms with Crippen molar-refractivity contribution < 1.29 is 0 Å². The highest BCUT2D eigenvalue weighted by Crippen LogP contribution is 2.49. The summed E-state index contributed by atoms with van der Waals surface area (Å²) in [5, 5.41) is 5.07. The molecule has 3 heteroatoms. The lowest BCUT2D eigenvalue weighted by molar-refractivity contribution is 1.04. The highest BCUT2D eigenvalue weighted by Gasteiger charge is 2.22. The van der Waals surface area contributed by atoms with Crippen molar-refractivity contribution in [3.63, 3.8) is 0 Å². The van der Waals surface area contributed by atoms with Crippen molar-refractivity contribution in [1.29, 1.82) is 0 Å². The zero-order chi connectivity index (χ0) is 38.3. The van der Waals surface area contributed by atoms with Crippen molar-refractivity contribution in [2.45, 2.75) is 20.3 Å². The average molecular weight is 730 g/mol. The van der Waals surface area contributed by atoms with Crippen LogP contribution in [0.3, 0.4) is 0 Å². The van der Waals surface area contributed by atoms with E-state index in [1.165, 1.54) is 71.6 Å². The van der Waals surface area contributed by atoms with E-state index in [1.54, 1.807) is 0 Å². The molecule has 10 rings (SSSR count). The normalized spacial score (nSPS) is 12.1. The van der Waals surface area contributed by atoms with E-state index in [9.17, 15) is 0 Å². The molecule has 0 N–H and O–H groups in total. The van der Waals surface area contributed by atoms with Gasteiger partial charge < -0.3 is 0 Å². The van der Waals surface area contributed by atoms with Gasteiger partial charge in [0, 0.05) is 16.7 Å². The van der Waals surface area contributed by atoms with Gasteiger partial charge in [-0.15, -0.1) is 0 Å². The first-order valence-electron chi connectivity index (χ1n) is 19.7. The summed E-state index contributed by atoms with van der Waals surface area (Å²) >= 11 is 0. The van der Waals surface area contributed by atoms with Gasteiger partial charge in [0.2, 0.25) is 0 Å². The first kappa shape index (κ1) is 34.3. The predicted molar refractivity (Wildman–Crippen MR) is 240 cm³/mol. The van der Waals surface area contributed by atoms with Crippen LogP contribution >= 0.6 is 0 Å². The van der Waals surface area contributed by atoms with Crippen LogP contribution in [0.5, 0.6) is 0 Å². The summed E-state index contributed by atoms with van der Waals surface area (Å²) in [7, 11) is 0. The number of fused-ring (bicyclic) bond motifs is 4. The molecular formula is C54H39N3. The van der Waals surface area contributed by atoms with Crippen LogP contribution in [-0.2, 0) is 0 Å². The van der Waals surface area contributed by atoms with E-state index in [4.69, 9.17) is 15.0 Å². The van der Waals surface area contributed by atoms with E-state index < -0.39 is 0 Å². The van der Waals surface area contributed by atoms with Crippen molar-refractivity contribution in [3.8, 4) is 78.4 Å². The fraction of sp³-hybridized carbons (Fsp3) is 0.0556. The van der Waals surface area contributed by atoms with Crippen LogP contribution in [0.15, 0.2) is 188 Å². The number of allylic oxidation sites excluding steroid dienone is 4. The maximum atomic E-state index is 4.96. The summed E-state index contributed by atoms with van der Waals surface area (Å²) < 4.78 is 0. The molecule has 270 valence electrons. The minimum atomic E-state index is 0.654. The van der Waals surface area contributed by atoms with E-state index in [1.807, 2.05) is 37.3 Å². The molecule has 0 saturated carbocycles. The Morgan fingerprint density at radius 1 is 0.439 bits per heavy atom. The maximum absolute atomic E-state index is 4.96. The second kappa shape index (κ2) is 14.4. The lowest BCUT2D eigenvalue weighted by atomic mass is 9.91. The van der Waals surface area contributed by atoms with E-state index >= 15 is 0 Å². The SMILES string of the molecule is C/C=C(\C=C/CC)c1nc(-c2ccccc2)nc(-c2ccc(-c3cccc4cc(-c5cccc(-c6ccc7c8c(cccc68)-c6ccccc6-7)c5)ccc34)cc2)n1. The molecule has 1 aromatic heterocycles. The third-order valence-corrected chi connectivity index (χ3v) is 11.2. The monoisotopic (exact) mass is 729 g/mol. The first-order valence-corrected chi connectivity index (χ1v) is 19.7. The van der Waals surface area contributed by atoms with Crippen molar-refractivity contribution in [3.05, 3.63) is 194 Å². The Bertz CT molecular complexity index is 3020.